The second-order valence-corrected chi connectivity index (χ2v) is 5.60. The smallest absolute Gasteiger partial charge is 0.335 e. The molecule has 1 aromatic carbocycles. The number of rotatable bonds is 8. The summed E-state index contributed by atoms with van der Waals surface area (Å²) in [5, 5.41) is 11.1. The van der Waals surface area contributed by atoms with Crippen LogP contribution in [-0.2, 0) is 4.84 Å². The molecule has 0 fully saturated rings. The highest BCUT2D eigenvalue weighted by atomic mass is 16.7. The maximum atomic E-state index is 10.6. The zero-order valence-corrected chi connectivity index (χ0v) is 14.5. The molecular formula is C17H28N2O4. The average molecular weight is 324 g/mol. The molecule has 0 heterocycles. The van der Waals surface area contributed by atoms with Crippen molar-refractivity contribution in [3.05, 3.63) is 33.7 Å². The van der Waals surface area contributed by atoms with Gasteiger partial charge >= 0.3 is 5.97 Å². The number of nitrogen functional groups attached to an aromatic ring is 1. The monoisotopic (exact) mass is 324 g/mol. The number of unbranched alkanes of at least 4 members (excludes halogenated alkanes) is 3. The summed E-state index contributed by atoms with van der Waals surface area (Å²) in [6.45, 7) is 7.62. The van der Waals surface area contributed by atoms with Crippen molar-refractivity contribution in [3.8, 4) is 0 Å². The van der Waals surface area contributed by atoms with E-state index in [0.29, 0.717) is 11.3 Å². The quantitative estimate of drug-likeness (QED) is 0.314. The SMILES string of the molecule is CCCCCCC(C)ON=O.Cc1c(N)ccc(C(=O)O)c1C. The second kappa shape index (κ2) is 11.5. The molecule has 0 aliphatic carbocycles. The van der Waals surface area contributed by atoms with Gasteiger partial charge < -0.3 is 15.7 Å². The van der Waals surface area contributed by atoms with Crippen LogP contribution in [0.15, 0.2) is 17.5 Å². The van der Waals surface area contributed by atoms with Gasteiger partial charge in [0.25, 0.3) is 0 Å². The molecule has 0 saturated carbocycles. The predicted octanol–water partition coefficient (Wildman–Crippen LogP) is 4.63. The predicted molar refractivity (Wildman–Crippen MR) is 92.4 cm³/mol. The fourth-order valence-corrected chi connectivity index (χ4v) is 2.06. The van der Waals surface area contributed by atoms with Crippen LogP contribution in [0.2, 0.25) is 0 Å². The van der Waals surface area contributed by atoms with Crippen molar-refractivity contribution in [2.45, 2.75) is 65.9 Å². The number of hydrogen-bond donors (Lipinski definition) is 2. The van der Waals surface area contributed by atoms with Crippen LogP contribution in [0.4, 0.5) is 5.69 Å². The first-order valence-corrected chi connectivity index (χ1v) is 7.92. The summed E-state index contributed by atoms with van der Waals surface area (Å²) in [6, 6.07) is 3.14. The first-order chi connectivity index (χ1) is 10.8. The summed E-state index contributed by atoms with van der Waals surface area (Å²) in [7, 11) is 0. The maximum absolute atomic E-state index is 10.6. The van der Waals surface area contributed by atoms with Gasteiger partial charge in [0, 0.05) is 5.69 Å². The first kappa shape index (κ1) is 20.9. The Morgan fingerprint density at radius 2 is 1.91 bits per heavy atom. The summed E-state index contributed by atoms with van der Waals surface area (Å²) >= 11 is 0. The molecule has 1 unspecified atom stereocenters. The number of carboxylic acid groups (broad SMARTS) is 1. The fraction of sp³-hybridized carbons (Fsp3) is 0.588. The fourth-order valence-electron chi connectivity index (χ4n) is 2.06. The largest absolute Gasteiger partial charge is 0.478 e. The lowest BCUT2D eigenvalue weighted by Crippen LogP contribution is -2.03. The van der Waals surface area contributed by atoms with Gasteiger partial charge in [0.1, 0.15) is 6.10 Å². The molecule has 23 heavy (non-hydrogen) atoms. The summed E-state index contributed by atoms with van der Waals surface area (Å²) in [6.07, 6.45) is 5.78. The van der Waals surface area contributed by atoms with Crippen molar-refractivity contribution in [1.29, 1.82) is 0 Å². The van der Waals surface area contributed by atoms with E-state index in [1.165, 1.54) is 25.3 Å². The Bertz CT molecular complexity index is 504. The van der Waals surface area contributed by atoms with Gasteiger partial charge in [-0.05, 0) is 56.9 Å². The molecule has 0 saturated heterocycles. The highest BCUT2D eigenvalue weighted by molar-refractivity contribution is 5.90. The van der Waals surface area contributed by atoms with Gasteiger partial charge in [-0.15, -0.1) is 4.91 Å². The standard InChI is InChI=1S/C9H11NO2.C8H17NO2/c1-5-6(2)8(10)4-3-7(5)9(11)12;1-3-4-5-6-7-8(2)11-9-10/h3-4H,10H2,1-2H3,(H,11,12);8H,3-7H2,1-2H3. The number of nitrogens with two attached hydrogens (primary N) is 1. The van der Waals surface area contributed by atoms with Crippen molar-refractivity contribution >= 4 is 11.7 Å². The summed E-state index contributed by atoms with van der Waals surface area (Å²) in [5.41, 5.74) is 8.14. The van der Waals surface area contributed by atoms with Crippen molar-refractivity contribution in [2.24, 2.45) is 5.34 Å². The van der Waals surface area contributed by atoms with Crippen molar-refractivity contribution in [1.82, 2.24) is 0 Å². The highest BCUT2D eigenvalue weighted by Gasteiger charge is 2.09. The molecule has 0 bridgehead atoms. The van der Waals surface area contributed by atoms with Gasteiger partial charge in [0.15, 0.2) is 5.34 Å². The van der Waals surface area contributed by atoms with E-state index in [0.717, 1.165) is 24.0 Å². The third-order valence-corrected chi connectivity index (χ3v) is 3.75. The van der Waals surface area contributed by atoms with Crippen LogP contribution in [-0.4, -0.2) is 17.2 Å². The zero-order chi connectivity index (χ0) is 17.8. The molecule has 6 heteroatoms. The lowest BCUT2D eigenvalue weighted by Gasteiger charge is -2.06. The van der Waals surface area contributed by atoms with Gasteiger partial charge in [-0.3, -0.25) is 0 Å². The Hall–Kier alpha value is -2.11. The third kappa shape index (κ3) is 8.18. The van der Waals surface area contributed by atoms with E-state index in [1.54, 1.807) is 13.0 Å². The van der Waals surface area contributed by atoms with Crippen molar-refractivity contribution in [2.75, 3.05) is 5.73 Å². The van der Waals surface area contributed by atoms with E-state index in [4.69, 9.17) is 10.8 Å². The minimum absolute atomic E-state index is 0.00986. The Kier molecular flexibility index (Phi) is 10.4. The molecule has 1 atom stereocenters. The molecule has 0 aliphatic heterocycles. The van der Waals surface area contributed by atoms with E-state index in [1.807, 2.05) is 13.8 Å². The minimum atomic E-state index is -0.907. The summed E-state index contributed by atoms with van der Waals surface area (Å²) in [5.74, 6) is -0.907. The van der Waals surface area contributed by atoms with Gasteiger partial charge in [0.05, 0.1) is 5.56 Å². The minimum Gasteiger partial charge on any atom is -0.478 e. The van der Waals surface area contributed by atoms with Gasteiger partial charge in [-0.1, -0.05) is 26.2 Å². The zero-order valence-electron chi connectivity index (χ0n) is 14.5. The molecule has 1 rings (SSSR count). The van der Waals surface area contributed by atoms with Crippen LogP contribution in [0, 0.1) is 18.8 Å². The maximum Gasteiger partial charge on any atom is 0.335 e. The van der Waals surface area contributed by atoms with Crippen LogP contribution >= 0.6 is 0 Å². The molecule has 6 nitrogen and oxygen atoms in total. The van der Waals surface area contributed by atoms with Gasteiger partial charge in [-0.2, -0.15) is 0 Å². The van der Waals surface area contributed by atoms with Crippen LogP contribution in [0.5, 0.6) is 0 Å². The molecule has 0 aromatic heterocycles. The molecular weight excluding hydrogens is 296 g/mol. The van der Waals surface area contributed by atoms with Crippen LogP contribution in [0.25, 0.3) is 0 Å². The number of benzene rings is 1. The lowest BCUT2D eigenvalue weighted by molar-refractivity contribution is 0.0607. The molecule has 0 spiro atoms. The number of carboxylic acids is 1. The Morgan fingerprint density at radius 3 is 2.43 bits per heavy atom. The Balaban J connectivity index is 0.000000423. The molecule has 0 radical (unpaired) electrons. The first-order valence-electron chi connectivity index (χ1n) is 7.92. The van der Waals surface area contributed by atoms with E-state index in [-0.39, 0.29) is 6.10 Å². The summed E-state index contributed by atoms with van der Waals surface area (Å²) < 4.78 is 0. The number of nitrogens with zero attached hydrogens (tertiary/aromatic N) is 1. The second-order valence-electron chi connectivity index (χ2n) is 5.60. The normalized spacial score (nSPS) is 11.1. The summed E-state index contributed by atoms with van der Waals surface area (Å²) in [4.78, 5) is 24.8. The highest BCUT2D eigenvalue weighted by Crippen LogP contribution is 2.19. The van der Waals surface area contributed by atoms with Gasteiger partial charge in [-0.25, -0.2) is 4.79 Å². The van der Waals surface area contributed by atoms with Crippen LogP contribution < -0.4 is 5.73 Å². The van der Waals surface area contributed by atoms with E-state index < -0.39 is 5.97 Å². The Morgan fingerprint density at radius 1 is 1.26 bits per heavy atom. The number of aromatic carboxylic acids is 1. The molecule has 0 aliphatic rings. The lowest BCUT2D eigenvalue weighted by atomic mass is 10.0. The van der Waals surface area contributed by atoms with Crippen molar-refractivity contribution < 1.29 is 14.7 Å². The van der Waals surface area contributed by atoms with E-state index in [2.05, 4.69) is 17.1 Å². The number of carbonyl (C=O) groups is 1. The van der Waals surface area contributed by atoms with E-state index in [9.17, 15) is 9.70 Å². The average Bonchev–Trinajstić information content (AvgIpc) is 2.50. The van der Waals surface area contributed by atoms with Crippen LogP contribution in [0.1, 0.15) is 67.4 Å². The van der Waals surface area contributed by atoms with Crippen molar-refractivity contribution in [3.63, 3.8) is 0 Å². The van der Waals surface area contributed by atoms with E-state index >= 15 is 0 Å². The number of anilines is 1. The Labute approximate surface area is 138 Å². The van der Waals surface area contributed by atoms with Gasteiger partial charge in [0.2, 0.25) is 0 Å². The number of hydrogen-bond acceptors (Lipinski definition) is 5. The molecule has 3 N–H and O–H groups in total. The topological polar surface area (TPSA) is 102 Å². The molecule has 0 amide bonds. The molecule has 1 aromatic rings. The third-order valence-electron chi connectivity index (χ3n) is 3.75. The molecule has 130 valence electrons. The van der Waals surface area contributed by atoms with Crippen LogP contribution in [0.3, 0.4) is 0 Å².